The lowest BCUT2D eigenvalue weighted by atomic mass is 10.0. The van der Waals surface area contributed by atoms with Gasteiger partial charge in [-0.15, -0.1) is 0 Å². The van der Waals surface area contributed by atoms with Crippen LogP contribution in [-0.4, -0.2) is 22.5 Å². The number of rotatable bonds is 5. The molecule has 1 aliphatic rings. The molecule has 0 radical (unpaired) electrons. The van der Waals surface area contributed by atoms with Crippen molar-refractivity contribution in [3.05, 3.63) is 53.4 Å². The lowest BCUT2D eigenvalue weighted by molar-refractivity contribution is 0.0525. The van der Waals surface area contributed by atoms with E-state index >= 15 is 0 Å². The average Bonchev–Trinajstić information content (AvgIpc) is 3.28. The zero-order chi connectivity index (χ0) is 16.4. The fourth-order valence-corrected chi connectivity index (χ4v) is 2.39. The van der Waals surface area contributed by atoms with Crippen molar-refractivity contribution in [1.29, 1.82) is 0 Å². The molecule has 1 N–H and O–H groups in total. The van der Waals surface area contributed by atoms with Gasteiger partial charge in [0.2, 0.25) is 5.95 Å². The summed E-state index contributed by atoms with van der Waals surface area (Å²) < 4.78 is 31.9. The molecule has 120 valence electrons. The van der Waals surface area contributed by atoms with E-state index in [4.69, 9.17) is 4.74 Å². The summed E-state index contributed by atoms with van der Waals surface area (Å²) >= 11 is 0. The van der Waals surface area contributed by atoms with E-state index in [0.717, 1.165) is 6.07 Å². The zero-order valence-corrected chi connectivity index (χ0v) is 12.5. The standard InChI is InChI=1S/C16H15F2N3O2/c1-2-23-14(22)10-8-19-15(20-9-10)21-16(5-6-16)12-4-3-11(17)7-13(12)18/h3-4,7-9H,2,5-6H2,1H3,(H,19,20,21). The number of aromatic nitrogens is 2. The van der Waals surface area contributed by atoms with Crippen LogP contribution < -0.4 is 5.32 Å². The molecule has 1 saturated carbocycles. The van der Waals surface area contributed by atoms with Gasteiger partial charge in [-0.3, -0.25) is 0 Å². The monoisotopic (exact) mass is 319 g/mol. The molecule has 23 heavy (non-hydrogen) atoms. The van der Waals surface area contributed by atoms with Crippen LogP contribution in [0, 0.1) is 11.6 Å². The van der Waals surface area contributed by atoms with Crippen molar-refractivity contribution in [3.63, 3.8) is 0 Å². The molecule has 3 rings (SSSR count). The minimum absolute atomic E-state index is 0.246. The van der Waals surface area contributed by atoms with Crippen molar-refractivity contribution in [3.8, 4) is 0 Å². The summed E-state index contributed by atoms with van der Waals surface area (Å²) in [5.41, 5.74) is 0.00985. The molecule has 0 amide bonds. The van der Waals surface area contributed by atoms with Gasteiger partial charge in [-0.25, -0.2) is 23.5 Å². The minimum atomic E-state index is -0.622. The van der Waals surface area contributed by atoms with Crippen molar-refractivity contribution < 1.29 is 18.3 Å². The van der Waals surface area contributed by atoms with Gasteiger partial charge in [0.15, 0.2) is 0 Å². The molecule has 0 saturated heterocycles. The number of hydrogen-bond donors (Lipinski definition) is 1. The highest BCUT2D eigenvalue weighted by atomic mass is 19.1. The number of ether oxygens (including phenoxy) is 1. The number of benzene rings is 1. The highest BCUT2D eigenvalue weighted by molar-refractivity contribution is 5.88. The van der Waals surface area contributed by atoms with E-state index in [1.165, 1.54) is 24.5 Å². The maximum atomic E-state index is 14.0. The molecular weight excluding hydrogens is 304 g/mol. The summed E-state index contributed by atoms with van der Waals surface area (Å²) in [5.74, 6) is -1.43. The van der Waals surface area contributed by atoms with Crippen molar-refractivity contribution in [2.24, 2.45) is 0 Å². The van der Waals surface area contributed by atoms with Gasteiger partial charge in [-0.2, -0.15) is 0 Å². The summed E-state index contributed by atoms with van der Waals surface area (Å²) in [4.78, 5) is 19.7. The van der Waals surface area contributed by atoms with Gasteiger partial charge in [0.05, 0.1) is 17.7 Å². The lowest BCUT2D eigenvalue weighted by Gasteiger charge is -2.18. The number of nitrogens with zero attached hydrogens (tertiary/aromatic N) is 2. The fraction of sp³-hybridized carbons (Fsp3) is 0.312. The van der Waals surface area contributed by atoms with Crippen molar-refractivity contribution in [2.75, 3.05) is 11.9 Å². The molecule has 7 heteroatoms. The SMILES string of the molecule is CCOC(=O)c1cnc(NC2(c3ccc(F)cc3F)CC2)nc1. The maximum absolute atomic E-state index is 14.0. The lowest BCUT2D eigenvalue weighted by Crippen LogP contribution is -2.22. The van der Waals surface area contributed by atoms with Crippen LogP contribution in [0.4, 0.5) is 14.7 Å². The van der Waals surface area contributed by atoms with Crippen molar-refractivity contribution >= 4 is 11.9 Å². The average molecular weight is 319 g/mol. The van der Waals surface area contributed by atoms with Crippen LogP contribution in [0.25, 0.3) is 0 Å². The molecule has 0 unspecified atom stereocenters. The topological polar surface area (TPSA) is 64.1 Å². The van der Waals surface area contributed by atoms with E-state index in [2.05, 4.69) is 15.3 Å². The highest BCUT2D eigenvalue weighted by Crippen LogP contribution is 2.48. The number of esters is 1. The molecule has 1 heterocycles. The van der Waals surface area contributed by atoms with Crippen LogP contribution in [0.1, 0.15) is 35.7 Å². The second kappa shape index (κ2) is 5.91. The van der Waals surface area contributed by atoms with E-state index in [9.17, 15) is 13.6 Å². The number of anilines is 1. The van der Waals surface area contributed by atoms with E-state index in [1.54, 1.807) is 6.92 Å². The smallest absolute Gasteiger partial charge is 0.341 e. The number of halogens is 2. The predicted molar refractivity (Wildman–Crippen MR) is 78.9 cm³/mol. The number of hydrogen-bond acceptors (Lipinski definition) is 5. The van der Waals surface area contributed by atoms with Gasteiger partial charge in [-0.1, -0.05) is 6.07 Å². The molecule has 1 fully saturated rings. The minimum Gasteiger partial charge on any atom is -0.462 e. The molecule has 1 aromatic heterocycles. The number of carbonyl (C=O) groups is 1. The first-order chi connectivity index (χ1) is 11.0. The van der Waals surface area contributed by atoms with Crippen LogP contribution >= 0.6 is 0 Å². The van der Waals surface area contributed by atoms with Gasteiger partial charge in [0, 0.05) is 24.0 Å². The summed E-state index contributed by atoms with van der Waals surface area (Å²) in [6, 6.07) is 3.52. The van der Waals surface area contributed by atoms with E-state index in [1.807, 2.05) is 0 Å². The normalized spacial score (nSPS) is 15.1. The van der Waals surface area contributed by atoms with Crippen LogP contribution in [-0.2, 0) is 10.3 Å². The summed E-state index contributed by atoms with van der Waals surface area (Å²) in [6.45, 7) is 1.98. The van der Waals surface area contributed by atoms with Crippen LogP contribution in [0.2, 0.25) is 0 Å². The number of carbonyl (C=O) groups excluding carboxylic acids is 1. The van der Waals surface area contributed by atoms with Gasteiger partial charge in [0.25, 0.3) is 0 Å². The van der Waals surface area contributed by atoms with Crippen LogP contribution in [0.5, 0.6) is 0 Å². The van der Waals surface area contributed by atoms with Gasteiger partial charge in [-0.05, 0) is 25.8 Å². The first-order valence-electron chi connectivity index (χ1n) is 7.27. The molecule has 5 nitrogen and oxygen atoms in total. The maximum Gasteiger partial charge on any atom is 0.341 e. The Labute approximate surface area is 131 Å². The highest BCUT2D eigenvalue weighted by Gasteiger charge is 2.46. The fourth-order valence-electron chi connectivity index (χ4n) is 2.39. The zero-order valence-electron chi connectivity index (χ0n) is 12.5. The predicted octanol–water partition coefficient (Wildman–Crippen LogP) is 3.03. The molecule has 0 atom stereocenters. The van der Waals surface area contributed by atoms with E-state index < -0.39 is 23.1 Å². The van der Waals surface area contributed by atoms with E-state index in [-0.39, 0.29) is 18.1 Å². The second-order valence-electron chi connectivity index (χ2n) is 5.35. The Kier molecular flexibility index (Phi) is 3.94. The number of nitrogens with one attached hydrogen (secondary N) is 1. The Morgan fingerprint density at radius 1 is 1.30 bits per heavy atom. The van der Waals surface area contributed by atoms with Crippen molar-refractivity contribution in [2.45, 2.75) is 25.3 Å². The van der Waals surface area contributed by atoms with Gasteiger partial charge >= 0.3 is 5.97 Å². The largest absolute Gasteiger partial charge is 0.462 e. The van der Waals surface area contributed by atoms with Crippen LogP contribution in [0.15, 0.2) is 30.6 Å². The Morgan fingerprint density at radius 2 is 2.00 bits per heavy atom. The molecule has 1 aliphatic carbocycles. The molecule has 0 bridgehead atoms. The summed E-state index contributed by atoms with van der Waals surface area (Å²) in [5, 5.41) is 3.07. The van der Waals surface area contributed by atoms with Gasteiger partial charge < -0.3 is 10.1 Å². The quantitative estimate of drug-likeness (QED) is 0.858. The third-order valence-corrected chi connectivity index (χ3v) is 3.71. The second-order valence-corrected chi connectivity index (χ2v) is 5.35. The first-order valence-corrected chi connectivity index (χ1v) is 7.27. The molecule has 0 spiro atoms. The molecule has 0 aliphatic heterocycles. The third-order valence-electron chi connectivity index (χ3n) is 3.71. The molecule has 1 aromatic carbocycles. The first kappa shape index (κ1) is 15.3. The van der Waals surface area contributed by atoms with Crippen LogP contribution in [0.3, 0.4) is 0 Å². The third kappa shape index (κ3) is 3.13. The Hall–Kier alpha value is -2.57. The Morgan fingerprint density at radius 3 is 2.57 bits per heavy atom. The Bertz CT molecular complexity index is 731. The van der Waals surface area contributed by atoms with E-state index in [0.29, 0.717) is 18.4 Å². The van der Waals surface area contributed by atoms with Crippen molar-refractivity contribution in [1.82, 2.24) is 9.97 Å². The summed E-state index contributed by atoms with van der Waals surface area (Å²) in [7, 11) is 0. The Balaban J connectivity index is 1.77. The van der Waals surface area contributed by atoms with Gasteiger partial charge in [0.1, 0.15) is 11.6 Å². The summed E-state index contributed by atoms with van der Waals surface area (Å²) in [6.07, 6.45) is 4.09. The molecule has 2 aromatic rings. The molecular formula is C16H15F2N3O2.